The highest BCUT2D eigenvalue weighted by Crippen LogP contribution is 2.21. The van der Waals surface area contributed by atoms with Gasteiger partial charge in [0.25, 0.3) is 5.91 Å². The number of carbonyl (C=O) groups excluding carboxylic acids is 1. The molecular weight excluding hydrogens is 264 g/mol. The topological polar surface area (TPSA) is 54.0 Å². The molecule has 1 aromatic carbocycles. The zero-order valence-electron chi connectivity index (χ0n) is 10.8. The maximum Gasteiger partial charge on any atom is 0.255 e. The Morgan fingerprint density at radius 3 is 2.55 bits per heavy atom. The molecule has 0 atom stereocenters. The summed E-state index contributed by atoms with van der Waals surface area (Å²) in [5.74, 6) is -2.20. The molecule has 0 fully saturated rings. The van der Waals surface area contributed by atoms with Gasteiger partial charge in [0.2, 0.25) is 0 Å². The first-order chi connectivity index (χ1) is 9.61. The Morgan fingerprint density at radius 1 is 1.30 bits per heavy atom. The molecule has 6 heteroatoms. The Morgan fingerprint density at radius 2 is 2.00 bits per heavy atom. The number of amides is 1. The Kier molecular flexibility index (Phi) is 4.24. The quantitative estimate of drug-likeness (QED) is 0.903. The first kappa shape index (κ1) is 13.9. The van der Waals surface area contributed by atoms with Gasteiger partial charge in [-0.1, -0.05) is 0 Å². The van der Waals surface area contributed by atoms with Crippen LogP contribution in [-0.4, -0.2) is 17.4 Å². The number of aromatic nitrogens is 1. The summed E-state index contributed by atoms with van der Waals surface area (Å²) in [6.07, 6.45) is 3.00. The second-order valence-electron chi connectivity index (χ2n) is 4.04. The van der Waals surface area contributed by atoms with Crippen LogP contribution in [0.15, 0.2) is 36.7 Å². The van der Waals surface area contributed by atoms with Gasteiger partial charge in [-0.3, -0.25) is 9.78 Å². The fraction of sp³-hybridized carbons (Fsp3) is 0.143. The molecule has 1 aromatic heterocycles. The molecule has 0 aliphatic heterocycles. The van der Waals surface area contributed by atoms with E-state index < -0.39 is 17.5 Å². The summed E-state index contributed by atoms with van der Waals surface area (Å²) >= 11 is 0. The van der Waals surface area contributed by atoms with Crippen molar-refractivity contribution in [3.05, 3.63) is 53.9 Å². The van der Waals surface area contributed by atoms with Crippen molar-refractivity contribution in [3.8, 4) is 0 Å². The highest BCUT2D eigenvalue weighted by Gasteiger charge is 2.14. The molecule has 0 aliphatic carbocycles. The molecule has 0 saturated heterocycles. The van der Waals surface area contributed by atoms with E-state index in [0.29, 0.717) is 12.2 Å². The number of nitrogens with one attached hydrogen (secondary N) is 2. The van der Waals surface area contributed by atoms with Crippen molar-refractivity contribution in [1.82, 2.24) is 4.98 Å². The summed E-state index contributed by atoms with van der Waals surface area (Å²) in [6.45, 7) is 2.11. The lowest BCUT2D eigenvalue weighted by atomic mass is 10.1. The minimum atomic E-state index is -0.803. The number of nitrogens with zero attached hydrogens (tertiary/aromatic N) is 1. The van der Waals surface area contributed by atoms with Crippen LogP contribution < -0.4 is 10.6 Å². The van der Waals surface area contributed by atoms with Gasteiger partial charge >= 0.3 is 0 Å². The van der Waals surface area contributed by atoms with E-state index in [-0.39, 0.29) is 11.3 Å². The Labute approximate surface area is 114 Å². The number of hydrogen-bond acceptors (Lipinski definition) is 3. The van der Waals surface area contributed by atoms with Crippen LogP contribution in [0.25, 0.3) is 0 Å². The predicted octanol–water partition coefficient (Wildman–Crippen LogP) is 3.04. The number of anilines is 2. The highest BCUT2D eigenvalue weighted by molar-refractivity contribution is 6.04. The summed E-state index contributed by atoms with van der Waals surface area (Å²) < 4.78 is 27.4. The monoisotopic (exact) mass is 277 g/mol. The zero-order chi connectivity index (χ0) is 14.5. The summed E-state index contributed by atoms with van der Waals surface area (Å²) in [5.41, 5.74) is 0.130. The number of benzene rings is 1. The number of rotatable bonds is 4. The molecule has 0 saturated carbocycles. The van der Waals surface area contributed by atoms with Gasteiger partial charge in [-0.05, 0) is 31.2 Å². The van der Waals surface area contributed by atoms with Crippen LogP contribution in [0.5, 0.6) is 0 Å². The minimum absolute atomic E-state index is 0.0921. The van der Waals surface area contributed by atoms with E-state index in [1.54, 1.807) is 25.3 Å². The van der Waals surface area contributed by atoms with Gasteiger partial charge in [0.05, 0.1) is 11.9 Å². The van der Waals surface area contributed by atoms with Crippen LogP contribution in [-0.2, 0) is 0 Å². The summed E-state index contributed by atoms with van der Waals surface area (Å²) in [4.78, 5) is 15.7. The van der Waals surface area contributed by atoms with Crippen molar-refractivity contribution in [2.45, 2.75) is 6.92 Å². The van der Waals surface area contributed by atoms with E-state index in [2.05, 4.69) is 15.6 Å². The van der Waals surface area contributed by atoms with Crippen molar-refractivity contribution < 1.29 is 13.6 Å². The van der Waals surface area contributed by atoms with E-state index in [1.165, 1.54) is 6.20 Å². The molecule has 2 N–H and O–H groups in total. The normalized spacial score (nSPS) is 10.2. The lowest BCUT2D eigenvalue weighted by molar-refractivity contribution is 0.102. The van der Waals surface area contributed by atoms with Crippen LogP contribution in [0.4, 0.5) is 20.2 Å². The summed E-state index contributed by atoms with van der Waals surface area (Å²) in [7, 11) is 0. The standard InChI is InChI=1S/C14H13F2N3O/c1-2-18-13-11(15)6-9(7-12(13)16)14(20)19-10-4-3-5-17-8-10/h3-8,18H,2H2,1H3,(H,19,20). The molecular formula is C14H13F2N3O. The molecule has 20 heavy (non-hydrogen) atoms. The van der Waals surface area contributed by atoms with Gasteiger partial charge in [-0.2, -0.15) is 0 Å². The van der Waals surface area contributed by atoms with Gasteiger partial charge in [0, 0.05) is 18.3 Å². The van der Waals surface area contributed by atoms with E-state index >= 15 is 0 Å². The predicted molar refractivity (Wildman–Crippen MR) is 72.7 cm³/mol. The molecule has 4 nitrogen and oxygen atoms in total. The number of halogens is 2. The van der Waals surface area contributed by atoms with Crippen LogP contribution in [0, 0.1) is 11.6 Å². The van der Waals surface area contributed by atoms with E-state index in [1.807, 2.05) is 0 Å². The molecule has 0 bridgehead atoms. The largest absolute Gasteiger partial charge is 0.381 e. The Bertz CT molecular complexity index is 594. The Balaban J connectivity index is 2.23. The molecule has 2 rings (SSSR count). The van der Waals surface area contributed by atoms with Crippen molar-refractivity contribution in [2.75, 3.05) is 17.2 Å². The SMILES string of the molecule is CCNc1c(F)cc(C(=O)Nc2cccnc2)cc1F. The van der Waals surface area contributed by atoms with Crippen LogP contribution in [0.1, 0.15) is 17.3 Å². The van der Waals surface area contributed by atoms with Crippen molar-refractivity contribution in [2.24, 2.45) is 0 Å². The van der Waals surface area contributed by atoms with Gasteiger partial charge in [-0.15, -0.1) is 0 Å². The van der Waals surface area contributed by atoms with Crippen LogP contribution >= 0.6 is 0 Å². The second-order valence-corrected chi connectivity index (χ2v) is 4.04. The van der Waals surface area contributed by atoms with Crippen molar-refractivity contribution in [1.29, 1.82) is 0 Å². The summed E-state index contributed by atoms with van der Waals surface area (Å²) in [5, 5.41) is 5.08. The molecule has 0 aliphatic rings. The highest BCUT2D eigenvalue weighted by atomic mass is 19.1. The molecule has 1 heterocycles. The molecule has 0 spiro atoms. The third kappa shape index (κ3) is 3.09. The molecule has 1 amide bonds. The Hall–Kier alpha value is -2.50. The molecule has 0 radical (unpaired) electrons. The second kappa shape index (κ2) is 6.10. The fourth-order valence-corrected chi connectivity index (χ4v) is 1.69. The van der Waals surface area contributed by atoms with E-state index in [9.17, 15) is 13.6 Å². The molecule has 0 unspecified atom stereocenters. The van der Waals surface area contributed by atoms with Crippen LogP contribution in [0.3, 0.4) is 0 Å². The average molecular weight is 277 g/mol. The molecule has 104 valence electrons. The number of carbonyl (C=O) groups is 1. The zero-order valence-corrected chi connectivity index (χ0v) is 10.8. The van der Waals surface area contributed by atoms with Crippen molar-refractivity contribution in [3.63, 3.8) is 0 Å². The fourth-order valence-electron chi connectivity index (χ4n) is 1.69. The molecule has 2 aromatic rings. The van der Waals surface area contributed by atoms with Gasteiger partial charge in [0.1, 0.15) is 17.3 Å². The van der Waals surface area contributed by atoms with Crippen LogP contribution in [0.2, 0.25) is 0 Å². The van der Waals surface area contributed by atoms with Crippen molar-refractivity contribution >= 4 is 17.3 Å². The lowest BCUT2D eigenvalue weighted by Crippen LogP contribution is -2.13. The number of hydrogen-bond donors (Lipinski definition) is 2. The van der Waals surface area contributed by atoms with Gasteiger partial charge in [0.15, 0.2) is 0 Å². The third-order valence-corrected chi connectivity index (χ3v) is 2.58. The van der Waals surface area contributed by atoms with Gasteiger partial charge < -0.3 is 10.6 Å². The first-order valence-electron chi connectivity index (χ1n) is 6.06. The third-order valence-electron chi connectivity index (χ3n) is 2.58. The first-order valence-corrected chi connectivity index (χ1v) is 6.06. The number of pyridine rings is 1. The summed E-state index contributed by atoms with van der Waals surface area (Å²) in [6, 6.07) is 5.26. The minimum Gasteiger partial charge on any atom is -0.381 e. The smallest absolute Gasteiger partial charge is 0.255 e. The maximum absolute atomic E-state index is 13.7. The lowest BCUT2D eigenvalue weighted by Gasteiger charge is -2.09. The van der Waals surface area contributed by atoms with E-state index in [0.717, 1.165) is 12.1 Å². The van der Waals surface area contributed by atoms with E-state index in [4.69, 9.17) is 0 Å². The average Bonchev–Trinajstić information content (AvgIpc) is 2.43. The maximum atomic E-state index is 13.7. The van der Waals surface area contributed by atoms with Gasteiger partial charge in [-0.25, -0.2) is 8.78 Å².